The lowest BCUT2D eigenvalue weighted by atomic mass is 10.2. The number of carbonyl (C=O) groups excluding carboxylic acids is 2. The van der Waals surface area contributed by atoms with Crippen LogP contribution in [0.5, 0.6) is 0 Å². The van der Waals surface area contributed by atoms with Gasteiger partial charge in [0, 0.05) is 16.8 Å². The number of amides is 2. The first-order valence-corrected chi connectivity index (χ1v) is 9.70. The maximum atomic E-state index is 13.2. The number of thiazole rings is 1. The third kappa shape index (κ3) is 4.47. The average Bonchev–Trinajstić information content (AvgIpc) is 3.17. The molecule has 0 atom stereocenters. The summed E-state index contributed by atoms with van der Waals surface area (Å²) < 4.78 is 14.3. The second-order valence-corrected chi connectivity index (χ2v) is 7.34. The molecule has 4 aromatic rings. The van der Waals surface area contributed by atoms with E-state index in [9.17, 15) is 14.0 Å². The number of fused-ring (bicyclic) bond motifs is 1. The van der Waals surface area contributed by atoms with Gasteiger partial charge in [0.1, 0.15) is 10.8 Å². The molecule has 0 fully saturated rings. The summed E-state index contributed by atoms with van der Waals surface area (Å²) in [5.41, 5.74) is 2.69. The lowest BCUT2D eigenvalue weighted by Gasteiger charge is -2.07. The van der Waals surface area contributed by atoms with Crippen molar-refractivity contribution in [1.82, 2.24) is 10.3 Å². The topological polar surface area (TPSA) is 71.1 Å². The summed E-state index contributed by atoms with van der Waals surface area (Å²) >= 11 is 1.61. The molecule has 0 aliphatic rings. The number of aromatic nitrogens is 1. The Hall–Kier alpha value is -3.58. The quantitative estimate of drug-likeness (QED) is 0.515. The molecule has 144 valence electrons. The van der Waals surface area contributed by atoms with Gasteiger partial charge in [0.2, 0.25) is 5.91 Å². The summed E-state index contributed by atoms with van der Waals surface area (Å²) in [7, 11) is 0. The molecule has 1 heterocycles. The van der Waals surface area contributed by atoms with Gasteiger partial charge in [0.15, 0.2) is 0 Å². The molecule has 0 saturated heterocycles. The molecule has 0 spiro atoms. The van der Waals surface area contributed by atoms with Gasteiger partial charge in [0.25, 0.3) is 5.91 Å². The van der Waals surface area contributed by atoms with Crippen LogP contribution in [0.3, 0.4) is 0 Å². The second-order valence-electron chi connectivity index (χ2n) is 6.31. The van der Waals surface area contributed by atoms with Crippen LogP contribution in [-0.4, -0.2) is 23.3 Å². The number of carbonyl (C=O) groups is 2. The lowest BCUT2D eigenvalue weighted by Crippen LogP contribution is -2.32. The summed E-state index contributed by atoms with van der Waals surface area (Å²) in [4.78, 5) is 28.7. The predicted molar refractivity (Wildman–Crippen MR) is 112 cm³/mol. The van der Waals surface area contributed by atoms with Gasteiger partial charge in [-0.1, -0.05) is 18.2 Å². The molecule has 0 bridgehead atoms. The SMILES string of the molecule is O=C(CNC(=O)c1cccc(F)c1)Nc1ccc(-c2nc3ccccc3s2)cc1. The van der Waals surface area contributed by atoms with Gasteiger partial charge >= 0.3 is 0 Å². The van der Waals surface area contributed by atoms with E-state index in [0.29, 0.717) is 5.69 Å². The molecule has 2 N–H and O–H groups in total. The van der Waals surface area contributed by atoms with Crippen LogP contribution in [0.1, 0.15) is 10.4 Å². The molecule has 5 nitrogen and oxygen atoms in total. The minimum atomic E-state index is -0.508. The van der Waals surface area contributed by atoms with Crippen molar-refractivity contribution in [2.45, 2.75) is 0 Å². The minimum absolute atomic E-state index is 0.165. The smallest absolute Gasteiger partial charge is 0.251 e. The largest absolute Gasteiger partial charge is 0.343 e. The van der Waals surface area contributed by atoms with Crippen LogP contribution in [0.25, 0.3) is 20.8 Å². The fourth-order valence-corrected chi connectivity index (χ4v) is 3.76. The summed E-state index contributed by atoms with van der Waals surface area (Å²) in [6, 6.07) is 20.6. The van der Waals surface area contributed by atoms with Crippen LogP contribution in [0.2, 0.25) is 0 Å². The lowest BCUT2D eigenvalue weighted by molar-refractivity contribution is -0.115. The Morgan fingerprint density at radius 1 is 0.966 bits per heavy atom. The van der Waals surface area contributed by atoms with E-state index in [2.05, 4.69) is 15.6 Å². The van der Waals surface area contributed by atoms with Crippen molar-refractivity contribution >= 4 is 39.1 Å². The van der Waals surface area contributed by atoms with Crippen LogP contribution >= 0.6 is 11.3 Å². The first kappa shape index (κ1) is 18.8. The Labute approximate surface area is 170 Å². The molecular weight excluding hydrogens is 389 g/mol. The first-order valence-electron chi connectivity index (χ1n) is 8.88. The zero-order chi connectivity index (χ0) is 20.2. The van der Waals surface area contributed by atoms with Crippen molar-refractivity contribution in [3.63, 3.8) is 0 Å². The number of benzene rings is 3. The summed E-state index contributed by atoms with van der Waals surface area (Å²) in [6.07, 6.45) is 0. The van der Waals surface area contributed by atoms with Gasteiger partial charge in [-0.15, -0.1) is 11.3 Å². The highest BCUT2D eigenvalue weighted by Crippen LogP contribution is 2.30. The fourth-order valence-electron chi connectivity index (χ4n) is 2.79. The van der Waals surface area contributed by atoms with Crippen LogP contribution in [0.15, 0.2) is 72.8 Å². The van der Waals surface area contributed by atoms with E-state index >= 15 is 0 Å². The Kier molecular flexibility index (Phi) is 5.31. The Balaban J connectivity index is 1.35. The van der Waals surface area contributed by atoms with Crippen molar-refractivity contribution in [1.29, 1.82) is 0 Å². The summed E-state index contributed by atoms with van der Waals surface area (Å²) in [5.74, 6) is -1.39. The molecule has 29 heavy (non-hydrogen) atoms. The molecule has 0 aliphatic heterocycles. The molecular formula is C22H16FN3O2S. The van der Waals surface area contributed by atoms with Crippen LogP contribution in [0.4, 0.5) is 10.1 Å². The second kappa shape index (κ2) is 8.20. The Bertz CT molecular complexity index is 1160. The van der Waals surface area contributed by atoms with E-state index in [1.54, 1.807) is 23.5 Å². The monoisotopic (exact) mass is 405 g/mol. The summed E-state index contributed by atoms with van der Waals surface area (Å²) in [6.45, 7) is -0.213. The fraction of sp³-hybridized carbons (Fsp3) is 0.0455. The zero-order valence-corrected chi connectivity index (χ0v) is 16.0. The van der Waals surface area contributed by atoms with Gasteiger partial charge in [-0.3, -0.25) is 9.59 Å². The number of nitrogens with zero attached hydrogens (tertiary/aromatic N) is 1. The van der Waals surface area contributed by atoms with Crippen LogP contribution < -0.4 is 10.6 Å². The Morgan fingerprint density at radius 3 is 2.52 bits per heavy atom. The molecule has 0 aliphatic carbocycles. The number of hydrogen-bond acceptors (Lipinski definition) is 4. The highest BCUT2D eigenvalue weighted by atomic mass is 32.1. The molecule has 2 amide bonds. The first-order chi connectivity index (χ1) is 14.1. The van der Waals surface area contributed by atoms with Gasteiger partial charge in [0.05, 0.1) is 16.8 Å². The Morgan fingerprint density at radius 2 is 1.76 bits per heavy atom. The average molecular weight is 405 g/mol. The number of nitrogens with one attached hydrogen (secondary N) is 2. The number of anilines is 1. The van der Waals surface area contributed by atoms with E-state index < -0.39 is 11.7 Å². The van der Waals surface area contributed by atoms with E-state index in [1.165, 1.54) is 18.2 Å². The number of halogens is 1. The molecule has 3 aromatic carbocycles. The van der Waals surface area contributed by atoms with Gasteiger partial charge in [-0.2, -0.15) is 0 Å². The zero-order valence-electron chi connectivity index (χ0n) is 15.2. The van der Waals surface area contributed by atoms with Crippen molar-refractivity contribution in [3.8, 4) is 10.6 Å². The maximum absolute atomic E-state index is 13.2. The molecule has 1 aromatic heterocycles. The molecule has 0 unspecified atom stereocenters. The molecule has 4 rings (SSSR count). The third-order valence-corrected chi connectivity index (χ3v) is 5.29. The van der Waals surface area contributed by atoms with E-state index in [0.717, 1.165) is 26.9 Å². The third-order valence-electron chi connectivity index (χ3n) is 4.21. The van der Waals surface area contributed by atoms with Crippen LogP contribution in [0, 0.1) is 5.82 Å². The van der Waals surface area contributed by atoms with Gasteiger partial charge in [-0.25, -0.2) is 9.37 Å². The van der Waals surface area contributed by atoms with Gasteiger partial charge in [-0.05, 0) is 54.6 Å². The van der Waals surface area contributed by atoms with Crippen molar-refractivity contribution in [3.05, 3.63) is 84.2 Å². The maximum Gasteiger partial charge on any atom is 0.251 e. The minimum Gasteiger partial charge on any atom is -0.343 e. The highest BCUT2D eigenvalue weighted by molar-refractivity contribution is 7.21. The normalized spacial score (nSPS) is 10.7. The van der Waals surface area contributed by atoms with Crippen molar-refractivity contribution < 1.29 is 14.0 Å². The predicted octanol–water partition coefficient (Wildman–Crippen LogP) is 4.47. The van der Waals surface area contributed by atoms with E-state index in [-0.39, 0.29) is 18.0 Å². The van der Waals surface area contributed by atoms with E-state index in [1.807, 2.05) is 36.4 Å². The summed E-state index contributed by atoms with van der Waals surface area (Å²) in [5, 5.41) is 6.10. The highest BCUT2D eigenvalue weighted by Gasteiger charge is 2.10. The number of para-hydroxylation sites is 1. The number of rotatable bonds is 5. The molecule has 0 saturated carbocycles. The van der Waals surface area contributed by atoms with Crippen molar-refractivity contribution in [2.24, 2.45) is 0 Å². The molecule has 7 heteroatoms. The van der Waals surface area contributed by atoms with Crippen LogP contribution in [-0.2, 0) is 4.79 Å². The van der Waals surface area contributed by atoms with Gasteiger partial charge < -0.3 is 10.6 Å². The van der Waals surface area contributed by atoms with Crippen molar-refractivity contribution in [2.75, 3.05) is 11.9 Å². The standard InChI is InChI=1S/C22H16FN3O2S/c23-16-5-3-4-15(12-16)21(28)24-13-20(27)25-17-10-8-14(9-11-17)22-26-18-6-1-2-7-19(18)29-22/h1-12H,13H2,(H,24,28)(H,25,27). The molecule has 0 radical (unpaired) electrons. The van der Waals surface area contributed by atoms with E-state index in [4.69, 9.17) is 0 Å². The number of hydrogen-bond donors (Lipinski definition) is 2.